The van der Waals surface area contributed by atoms with Gasteiger partial charge in [-0.3, -0.25) is 0 Å². The first-order valence-corrected chi connectivity index (χ1v) is 6.38. The molecule has 0 spiro atoms. The van der Waals surface area contributed by atoms with Crippen LogP contribution in [0.2, 0.25) is 0 Å². The molecule has 0 aliphatic rings. The topological polar surface area (TPSA) is 74.2 Å². The first-order chi connectivity index (χ1) is 8.65. The van der Waals surface area contributed by atoms with Crippen LogP contribution in [0.25, 0.3) is 11.5 Å². The van der Waals surface area contributed by atoms with Gasteiger partial charge in [-0.15, -0.1) is 0 Å². The third-order valence-corrected chi connectivity index (χ3v) is 3.10. The predicted molar refractivity (Wildman–Crippen MR) is 71.2 cm³/mol. The fraction of sp³-hybridized carbons (Fsp3) is 0.333. The molecule has 5 nitrogen and oxygen atoms in total. The van der Waals surface area contributed by atoms with E-state index in [2.05, 4.69) is 26.1 Å². The first kappa shape index (κ1) is 13.0. The Morgan fingerprint density at radius 2 is 2.28 bits per heavy atom. The van der Waals surface area contributed by atoms with Crippen molar-refractivity contribution in [1.82, 2.24) is 10.1 Å². The lowest BCUT2D eigenvalue weighted by molar-refractivity contribution is 0.400. The van der Waals surface area contributed by atoms with Crippen LogP contribution in [0.15, 0.2) is 27.2 Å². The molecule has 1 atom stereocenters. The molecule has 0 saturated heterocycles. The zero-order valence-electron chi connectivity index (χ0n) is 10.2. The van der Waals surface area contributed by atoms with Crippen molar-refractivity contribution in [2.24, 2.45) is 5.73 Å². The van der Waals surface area contributed by atoms with E-state index >= 15 is 0 Å². The average molecular weight is 312 g/mol. The van der Waals surface area contributed by atoms with Crippen molar-refractivity contribution in [3.8, 4) is 17.2 Å². The van der Waals surface area contributed by atoms with Crippen molar-refractivity contribution in [2.45, 2.75) is 19.4 Å². The summed E-state index contributed by atoms with van der Waals surface area (Å²) >= 11 is 3.38. The minimum Gasteiger partial charge on any atom is -0.496 e. The Labute approximate surface area is 113 Å². The molecule has 0 aliphatic carbocycles. The molecule has 2 N–H and O–H groups in total. The summed E-state index contributed by atoms with van der Waals surface area (Å²) in [6, 6.07) is 5.39. The fourth-order valence-electron chi connectivity index (χ4n) is 1.52. The van der Waals surface area contributed by atoms with Gasteiger partial charge in [-0.2, -0.15) is 4.98 Å². The van der Waals surface area contributed by atoms with E-state index in [4.69, 9.17) is 15.0 Å². The van der Waals surface area contributed by atoms with Gasteiger partial charge < -0.3 is 15.0 Å². The standard InChI is InChI=1S/C12H14BrN3O2/c1-3-9(14)11-15-12(18-16-11)8-5-4-7(13)6-10(8)17-2/h4-6,9H,3,14H2,1-2H3. The van der Waals surface area contributed by atoms with Gasteiger partial charge in [0.1, 0.15) is 5.75 Å². The number of benzene rings is 1. The summed E-state index contributed by atoms with van der Waals surface area (Å²) in [5.41, 5.74) is 6.61. The van der Waals surface area contributed by atoms with Gasteiger partial charge in [-0.1, -0.05) is 28.0 Å². The van der Waals surface area contributed by atoms with Gasteiger partial charge in [-0.25, -0.2) is 0 Å². The van der Waals surface area contributed by atoms with Crippen molar-refractivity contribution in [3.63, 3.8) is 0 Å². The minimum absolute atomic E-state index is 0.205. The maximum atomic E-state index is 5.86. The Morgan fingerprint density at radius 3 is 2.94 bits per heavy atom. The van der Waals surface area contributed by atoms with E-state index in [0.717, 1.165) is 16.5 Å². The third-order valence-electron chi connectivity index (χ3n) is 2.61. The van der Waals surface area contributed by atoms with Crippen LogP contribution >= 0.6 is 15.9 Å². The van der Waals surface area contributed by atoms with Gasteiger partial charge in [0.25, 0.3) is 5.89 Å². The highest BCUT2D eigenvalue weighted by Gasteiger charge is 2.16. The Hall–Kier alpha value is -1.40. The van der Waals surface area contributed by atoms with Crippen LogP contribution in [0, 0.1) is 0 Å². The van der Waals surface area contributed by atoms with Crippen LogP contribution in [0.3, 0.4) is 0 Å². The Morgan fingerprint density at radius 1 is 1.50 bits per heavy atom. The second-order valence-corrected chi connectivity index (χ2v) is 4.73. The summed E-state index contributed by atoms with van der Waals surface area (Å²) in [7, 11) is 1.60. The van der Waals surface area contributed by atoms with Crippen LogP contribution in [0.5, 0.6) is 5.75 Å². The lowest BCUT2D eigenvalue weighted by atomic mass is 10.2. The quantitative estimate of drug-likeness (QED) is 0.939. The molecule has 2 aromatic rings. The zero-order valence-corrected chi connectivity index (χ0v) is 11.8. The van der Waals surface area contributed by atoms with Crippen molar-refractivity contribution in [2.75, 3.05) is 7.11 Å². The molecule has 0 amide bonds. The lowest BCUT2D eigenvalue weighted by Crippen LogP contribution is -2.10. The molecule has 0 radical (unpaired) electrons. The van der Waals surface area contributed by atoms with E-state index < -0.39 is 0 Å². The number of hydrogen-bond acceptors (Lipinski definition) is 5. The van der Waals surface area contributed by atoms with Crippen molar-refractivity contribution < 1.29 is 9.26 Å². The van der Waals surface area contributed by atoms with E-state index in [1.807, 2.05) is 25.1 Å². The van der Waals surface area contributed by atoms with Crippen LogP contribution in [-0.4, -0.2) is 17.3 Å². The summed E-state index contributed by atoms with van der Waals surface area (Å²) in [4.78, 5) is 4.29. The van der Waals surface area contributed by atoms with Gasteiger partial charge in [0, 0.05) is 4.47 Å². The van der Waals surface area contributed by atoms with E-state index in [9.17, 15) is 0 Å². The van der Waals surface area contributed by atoms with Crippen LogP contribution < -0.4 is 10.5 Å². The lowest BCUT2D eigenvalue weighted by Gasteiger charge is -2.04. The van der Waals surface area contributed by atoms with Gasteiger partial charge in [0.15, 0.2) is 5.82 Å². The van der Waals surface area contributed by atoms with Crippen molar-refractivity contribution in [1.29, 1.82) is 0 Å². The van der Waals surface area contributed by atoms with Gasteiger partial charge in [0.05, 0.1) is 18.7 Å². The van der Waals surface area contributed by atoms with Gasteiger partial charge in [-0.05, 0) is 24.6 Å². The zero-order chi connectivity index (χ0) is 13.1. The highest BCUT2D eigenvalue weighted by molar-refractivity contribution is 9.10. The van der Waals surface area contributed by atoms with E-state index in [1.165, 1.54) is 0 Å². The maximum Gasteiger partial charge on any atom is 0.261 e. The number of halogens is 1. The molecule has 1 aromatic carbocycles. The molecule has 0 aliphatic heterocycles. The summed E-state index contributed by atoms with van der Waals surface area (Å²) in [5.74, 6) is 1.60. The molecule has 6 heteroatoms. The molecule has 2 rings (SSSR count). The number of nitrogens with two attached hydrogens (primary N) is 1. The molecule has 18 heavy (non-hydrogen) atoms. The van der Waals surface area contributed by atoms with Gasteiger partial charge in [0.2, 0.25) is 0 Å². The number of aromatic nitrogens is 2. The molecule has 0 saturated carbocycles. The van der Waals surface area contributed by atoms with Gasteiger partial charge >= 0.3 is 0 Å². The molecule has 0 bridgehead atoms. The third kappa shape index (κ3) is 2.54. The van der Waals surface area contributed by atoms with Crippen molar-refractivity contribution in [3.05, 3.63) is 28.5 Å². The first-order valence-electron chi connectivity index (χ1n) is 5.58. The average Bonchev–Trinajstić information content (AvgIpc) is 2.87. The molecular weight excluding hydrogens is 298 g/mol. The largest absolute Gasteiger partial charge is 0.496 e. The summed E-state index contributed by atoms with van der Waals surface area (Å²) in [6.07, 6.45) is 0.760. The number of hydrogen-bond donors (Lipinski definition) is 1. The van der Waals surface area contributed by atoms with Crippen LogP contribution in [0.1, 0.15) is 25.2 Å². The minimum atomic E-state index is -0.205. The molecule has 1 unspecified atom stereocenters. The summed E-state index contributed by atoms with van der Waals surface area (Å²) in [5, 5.41) is 3.88. The molecule has 96 valence electrons. The Bertz CT molecular complexity index is 542. The summed E-state index contributed by atoms with van der Waals surface area (Å²) < 4.78 is 11.4. The maximum absolute atomic E-state index is 5.86. The van der Waals surface area contributed by atoms with E-state index in [-0.39, 0.29) is 6.04 Å². The smallest absolute Gasteiger partial charge is 0.261 e. The van der Waals surface area contributed by atoms with Crippen LogP contribution in [0.4, 0.5) is 0 Å². The molecular formula is C12H14BrN3O2. The van der Waals surface area contributed by atoms with Crippen LogP contribution in [-0.2, 0) is 0 Å². The summed E-state index contributed by atoms with van der Waals surface area (Å²) in [6.45, 7) is 1.97. The Balaban J connectivity index is 2.39. The number of ether oxygens (including phenoxy) is 1. The molecule has 0 fully saturated rings. The number of rotatable bonds is 4. The normalized spacial score (nSPS) is 12.4. The highest BCUT2D eigenvalue weighted by atomic mass is 79.9. The molecule has 1 aromatic heterocycles. The highest BCUT2D eigenvalue weighted by Crippen LogP contribution is 2.31. The SMILES string of the molecule is CCC(N)c1noc(-c2ccc(Br)cc2OC)n1. The number of nitrogens with zero attached hydrogens (tertiary/aromatic N) is 2. The van der Waals surface area contributed by atoms with Crippen molar-refractivity contribution >= 4 is 15.9 Å². The molecule has 1 heterocycles. The number of methoxy groups -OCH3 is 1. The second-order valence-electron chi connectivity index (χ2n) is 3.82. The monoisotopic (exact) mass is 311 g/mol. The Kier molecular flexibility index (Phi) is 3.98. The predicted octanol–water partition coefficient (Wildman–Crippen LogP) is 2.92. The van der Waals surface area contributed by atoms with E-state index in [1.54, 1.807) is 7.11 Å². The van der Waals surface area contributed by atoms with E-state index in [0.29, 0.717) is 17.5 Å². The fourth-order valence-corrected chi connectivity index (χ4v) is 1.86. The second kappa shape index (κ2) is 5.49.